The number of nitrogens with zero attached hydrogens (tertiary/aromatic N) is 4. The highest BCUT2D eigenvalue weighted by Gasteiger charge is 2.11. The second-order valence-corrected chi connectivity index (χ2v) is 6.80. The van der Waals surface area contributed by atoms with Gasteiger partial charge >= 0.3 is 0 Å². The van der Waals surface area contributed by atoms with Crippen LogP contribution in [0.3, 0.4) is 0 Å². The van der Waals surface area contributed by atoms with Crippen LogP contribution in [-0.4, -0.2) is 25.5 Å². The summed E-state index contributed by atoms with van der Waals surface area (Å²) >= 11 is 0. The van der Waals surface area contributed by atoms with Crippen molar-refractivity contribution in [1.82, 2.24) is 24.9 Å². The van der Waals surface area contributed by atoms with E-state index < -0.39 is 0 Å². The maximum Gasteiger partial charge on any atom is 0.272 e. The van der Waals surface area contributed by atoms with E-state index in [9.17, 15) is 4.79 Å². The minimum atomic E-state index is -0.224. The van der Waals surface area contributed by atoms with Gasteiger partial charge in [0.25, 0.3) is 5.91 Å². The number of ether oxygens (including phenoxy) is 1. The summed E-state index contributed by atoms with van der Waals surface area (Å²) in [5.41, 5.74) is 3.63. The van der Waals surface area contributed by atoms with Crippen LogP contribution in [-0.2, 0) is 20.3 Å². The topological polar surface area (TPSA) is 74.0 Å². The Labute approximate surface area is 159 Å². The van der Waals surface area contributed by atoms with Gasteiger partial charge in [0.05, 0.1) is 6.20 Å². The smallest absolute Gasteiger partial charge is 0.272 e. The molecule has 27 heavy (non-hydrogen) atoms. The Bertz CT molecular complexity index is 909. The van der Waals surface area contributed by atoms with Gasteiger partial charge in [0.1, 0.15) is 11.4 Å². The molecule has 0 aliphatic heterocycles. The van der Waals surface area contributed by atoms with Crippen LogP contribution in [0.5, 0.6) is 5.75 Å². The summed E-state index contributed by atoms with van der Waals surface area (Å²) in [6.45, 7) is 6.94. The van der Waals surface area contributed by atoms with E-state index in [1.807, 2.05) is 26.1 Å². The zero-order valence-corrected chi connectivity index (χ0v) is 16.1. The van der Waals surface area contributed by atoms with E-state index in [-0.39, 0.29) is 12.6 Å². The van der Waals surface area contributed by atoms with Gasteiger partial charge in [-0.2, -0.15) is 10.2 Å². The molecule has 3 rings (SSSR count). The van der Waals surface area contributed by atoms with Crippen molar-refractivity contribution >= 4 is 5.91 Å². The van der Waals surface area contributed by atoms with Gasteiger partial charge in [0.2, 0.25) is 0 Å². The highest BCUT2D eigenvalue weighted by Crippen LogP contribution is 2.18. The molecular formula is C20H25N5O2. The molecule has 0 saturated carbocycles. The Hall–Kier alpha value is -3.09. The molecule has 1 amide bonds. The first-order valence-electron chi connectivity index (χ1n) is 8.96. The summed E-state index contributed by atoms with van der Waals surface area (Å²) in [4.78, 5) is 12.3. The number of rotatable bonds is 7. The Kier molecular flexibility index (Phi) is 5.59. The van der Waals surface area contributed by atoms with E-state index in [1.54, 1.807) is 27.8 Å². The molecule has 142 valence electrons. The molecule has 3 aromatic rings. The number of aryl methyl sites for hydroxylation is 1. The number of aromatic nitrogens is 4. The number of benzene rings is 1. The third-order valence-corrected chi connectivity index (χ3v) is 4.56. The van der Waals surface area contributed by atoms with Crippen molar-refractivity contribution < 1.29 is 9.53 Å². The average molecular weight is 367 g/mol. The van der Waals surface area contributed by atoms with Crippen molar-refractivity contribution in [3.8, 4) is 5.75 Å². The standard InChI is InChI=1S/C20H25N5O2/c1-14(2)16-5-7-18(8-6-16)27-13-25-10-9-19(23-25)20(26)21-11-17-12-22-24(4)15(17)3/h5-10,12,14H,11,13H2,1-4H3,(H,21,26). The molecule has 7 heteroatoms. The molecule has 1 aromatic carbocycles. The predicted molar refractivity (Wildman–Crippen MR) is 103 cm³/mol. The van der Waals surface area contributed by atoms with Crippen LogP contribution in [0, 0.1) is 6.92 Å². The minimum absolute atomic E-state index is 0.224. The maximum absolute atomic E-state index is 12.3. The van der Waals surface area contributed by atoms with Gasteiger partial charge in [-0.3, -0.25) is 9.48 Å². The molecule has 7 nitrogen and oxygen atoms in total. The summed E-state index contributed by atoms with van der Waals surface area (Å²) in [5, 5.41) is 11.3. The first kappa shape index (κ1) is 18.7. The summed E-state index contributed by atoms with van der Waals surface area (Å²) in [5.74, 6) is 1.04. The van der Waals surface area contributed by atoms with Crippen LogP contribution in [0.2, 0.25) is 0 Å². The van der Waals surface area contributed by atoms with Crippen molar-refractivity contribution in [3.63, 3.8) is 0 Å². The molecule has 0 saturated heterocycles. The monoisotopic (exact) mass is 367 g/mol. The van der Waals surface area contributed by atoms with Gasteiger partial charge in [-0.15, -0.1) is 0 Å². The van der Waals surface area contributed by atoms with Crippen molar-refractivity contribution in [1.29, 1.82) is 0 Å². The lowest BCUT2D eigenvalue weighted by Gasteiger charge is -2.09. The van der Waals surface area contributed by atoms with Crippen LogP contribution in [0.1, 0.15) is 47.1 Å². The van der Waals surface area contributed by atoms with Crippen LogP contribution < -0.4 is 10.1 Å². The maximum atomic E-state index is 12.3. The predicted octanol–water partition coefficient (Wildman–Crippen LogP) is 3.01. The van der Waals surface area contributed by atoms with Gasteiger partial charge in [0, 0.05) is 31.0 Å². The zero-order chi connectivity index (χ0) is 19.4. The highest BCUT2D eigenvalue weighted by atomic mass is 16.5. The Morgan fingerprint density at radius 1 is 1.22 bits per heavy atom. The van der Waals surface area contributed by atoms with Crippen molar-refractivity contribution in [2.24, 2.45) is 7.05 Å². The van der Waals surface area contributed by atoms with E-state index in [1.165, 1.54) is 5.56 Å². The minimum Gasteiger partial charge on any atom is -0.471 e. The third kappa shape index (κ3) is 4.55. The quantitative estimate of drug-likeness (QED) is 0.697. The van der Waals surface area contributed by atoms with E-state index in [2.05, 4.69) is 41.5 Å². The average Bonchev–Trinajstić information content (AvgIpc) is 3.26. The van der Waals surface area contributed by atoms with Gasteiger partial charge in [-0.25, -0.2) is 4.68 Å². The van der Waals surface area contributed by atoms with Crippen molar-refractivity contribution in [3.05, 3.63) is 65.2 Å². The molecular weight excluding hydrogens is 342 g/mol. The van der Waals surface area contributed by atoms with Crippen molar-refractivity contribution in [2.75, 3.05) is 0 Å². The Balaban J connectivity index is 1.53. The summed E-state index contributed by atoms with van der Waals surface area (Å²) in [6.07, 6.45) is 3.49. The fraction of sp³-hybridized carbons (Fsp3) is 0.350. The van der Waals surface area contributed by atoms with Crippen LogP contribution >= 0.6 is 0 Å². The molecule has 0 unspecified atom stereocenters. The number of amides is 1. The number of carbonyl (C=O) groups excluding carboxylic acids is 1. The second-order valence-electron chi connectivity index (χ2n) is 6.80. The molecule has 0 aliphatic rings. The largest absolute Gasteiger partial charge is 0.471 e. The first-order chi connectivity index (χ1) is 12.9. The van der Waals surface area contributed by atoms with Crippen LogP contribution in [0.25, 0.3) is 0 Å². The third-order valence-electron chi connectivity index (χ3n) is 4.56. The molecule has 0 spiro atoms. The lowest BCUT2D eigenvalue weighted by Crippen LogP contribution is -2.24. The summed E-state index contributed by atoms with van der Waals surface area (Å²) < 4.78 is 9.10. The van der Waals surface area contributed by atoms with E-state index in [4.69, 9.17) is 4.74 Å². The van der Waals surface area contributed by atoms with E-state index >= 15 is 0 Å². The Morgan fingerprint density at radius 2 is 1.96 bits per heavy atom. The molecule has 2 heterocycles. The number of carbonyl (C=O) groups is 1. The zero-order valence-electron chi connectivity index (χ0n) is 16.1. The number of hydrogen-bond acceptors (Lipinski definition) is 4. The SMILES string of the molecule is Cc1c(CNC(=O)c2ccn(COc3ccc(C(C)C)cc3)n2)cnn1C. The highest BCUT2D eigenvalue weighted by molar-refractivity contribution is 5.92. The normalized spacial score (nSPS) is 11.0. The molecule has 0 atom stereocenters. The Morgan fingerprint density at radius 3 is 2.59 bits per heavy atom. The fourth-order valence-electron chi connectivity index (χ4n) is 2.63. The van der Waals surface area contributed by atoms with Crippen LogP contribution in [0.4, 0.5) is 0 Å². The van der Waals surface area contributed by atoms with Gasteiger partial charge in [-0.1, -0.05) is 26.0 Å². The van der Waals surface area contributed by atoms with Gasteiger partial charge in [-0.05, 0) is 36.6 Å². The molecule has 0 radical (unpaired) electrons. The molecule has 0 fully saturated rings. The lowest BCUT2D eigenvalue weighted by atomic mass is 10.0. The summed E-state index contributed by atoms with van der Waals surface area (Å²) in [7, 11) is 1.87. The van der Waals surface area contributed by atoms with Gasteiger partial charge in [0.15, 0.2) is 6.73 Å². The molecule has 1 N–H and O–H groups in total. The van der Waals surface area contributed by atoms with Crippen molar-refractivity contribution in [2.45, 2.75) is 40.0 Å². The molecule has 2 aromatic heterocycles. The summed E-state index contributed by atoms with van der Waals surface area (Å²) in [6, 6.07) is 9.69. The molecule has 0 aliphatic carbocycles. The first-order valence-corrected chi connectivity index (χ1v) is 8.96. The van der Waals surface area contributed by atoms with E-state index in [0.29, 0.717) is 18.2 Å². The lowest BCUT2D eigenvalue weighted by molar-refractivity contribution is 0.0944. The van der Waals surface area contributed by atoms with E-state index in [0.717, 1.165) is 17.0 Å². The van der Waals surface area contributed by atoms with Gasteiger partial charge < -0.3 is 10.1 Å². The molecule has 0 bridgehead atoms. The number of nitrogens with one attached hydrogen (secondary N) is 1. The number of hydrogen-bond donors (Lipinski definition) is 1. The second kappa shape index (κ2) is 8.07. The van der Waals surface area contributed by atoms with Crippen LogP contribution in [0.15, 0.2) is 42.7 Å². The fourth-order valence-corrected chi connectivity index (χ4v) is 2.63.